The topological polar surface area (TPSA) is 67.2 Å². The zero-order valence-corrected chi connectivity index (χ0v) is 8.91. The molecule has 0 heterocycles. The summed E-state index contributed by atoms with van der Waals surface area (Å²) in [6.45, 7) is 3.32. The van der Waals surface area contributed by atoms with Gasteiger partial charge in [-0.3, -0.25) is 10.1 Å². The van der Waals surface area contributed by atoms with Crippen LogP contribution in [0.4, 0.5) is 11.4 Å². The first-order chi connectivity index (χ1) is 7.16. The second-order valence-electron chi connectivity index (χ2n) is 3.24. The van der Waals surface area contributed by atoms with Crippen molar-refractivity contribution in [1.29, 1.82) is 0 Å². The highest BCUT2D eigenvalue weighted by Gasteiger charge is 2.12. The monoisotopic (exact) mass is 209 g/mol. The minimum absolute atomic E-state index is 0.157. The molecule has 0 aliphatic carbocycles. The normalized spacial score (nSPS) is 10.0. The Morgan fingerprint density at radius 3 is 2.73 bits per heavy atom. The maximum atomic E-state index is 10.7. The van der Waals surface area contributed by atoms with Crippen molar-refractivity contribution in [3.05, 3.63) is 33.9 Å². The van der Waals surface area contributed by atoms with Crippen molar-refractivity contribution in [2.75, 3.05) is 25.5 Å². The van der Waals surface area contributed by atoms with E-state index >= 15 is 0 Å². The summed E-state index contributed by atoms with van der Waals surface area (Å²) in [6.07, 6.45) is 0. The van der Waals surface area contributed by atoms with Gasteiger partial charge in [-0.2, -0.15) is 0 Å². The van der Waals surface area contributed by atoms with Crippen molar-refractivity contribution < 1.29 is 4.92 Å². The summed E-state index contributed by atoms with van der Waals surface area (Å²) < 4.78 is 0. The number of anilines is 1. The van der Waals surface area contributed by atoms with Gasteiger partial charge in [-0.25, -0.2) is 0 Å². The van der Waals surface area contributed by atoms with E-state index in [1.54, 1.807) is 13.0 Å². The van der Waals surface area contributed by atoms with Crippen molar-refractivity contribution >= 4 is 11.4 Å². The standard InChI is InChI=1S/C10H15N3O2/c1-8-9(12-7-6-11-2)4-3-5-10(8)13(14)15/h3-5,11-12H,6-7H2,1-2H3. The van der Waals surface area contributed by atoms with E-state index in [4.69, 9.17) is 0 Å². The Labute approximate surface area is 88.6 Å². The number of benzene rings is 1. The molecule has 2 N–H and O–H groups in total. The molecule has 5 heteroatoms. The number of nitrogens with one attached hydrogen (secondary N) is 2. The van der Waals surface area contributed by atoms with Gasteiger partial charge in [0.05, 0.1) is 4.92 Å². The van der Waals surface area contributed by atoms with Gasteiger partial charge in [-0.15, -0.1) is 0 Å². The van der Waals surface area contributed by atoms with Crippen molar-refractivity contribution in [2.45, 2.75) is 6.92 Å². The number of likely N-dealkylation sites (N-methyl/N-ethyl adjacent to an activating group) is 1. The third kappa shape index (κ3) is 2.92. The van der Waals surface area contributed by atoms with Crippen molar-refractivity contribution in [3.63, 3.8) is 0 Å². The lowest BCUT2D eigenvalue weighted by molar-refractivity contribution is -0.385. The zero-order valence-electron chi connectivity index (χ0n) is 8.91. The second-order valence-corrected chi connectivity index (χ2v) is 3.24. The molecule has 0 aliphatic rings. The van der Waals surface area contributed by atoms with Gasteiger partial charge in [0.2, 0.25) is 0 Å². The molecule has 0 unspecified atom stereocenters. The van der Waals surface area contributed by atoms with Crippen LogP contribution in [0.3, 0.4) is 0 Å². The van der Waals surface area contributed by atoms with Gasteiger partial charge in [0.15, 0.2) is 0 Å². The maximum Gasteiger partial charge on any atom is 0.274 e. The van der Waals surface area contributed by atoms with E-state index in [-0.39, 0.29) is 10.6 Å². The molecule has 82 valence electrons. The summed E-state index contributed by atoms with van der Waals surface area (Å²) in [5.74, 6) is 0. The van der Waals surface area contributed by atoms with E-state index in [2.05, 4.69) is 10.6 Å². The van der Waals surface area contributed by atoms with E-state index in [1.165, 1.54) is 6.07 Å². The molecular weight excluding hydrogens is 194 g/mol. The predicted molar refractivity (Wildman–Crippen MR) is 60.2 cm³/mol. The van der Waals surface area contributed by atoms with Gasteiger partial charge in [0.25, 0.3) is 5.69 Å². The Bertz CT molecular complexity index is 353. The quantitative estimate of drug-likeness (QED) is 0.438. The molecule has 1 rings (SSSR count). The molecule has 1 aromatic carbocycles. The average Bonchev–Trinajstić information content (AvgIpc) is 2.20. The zero-order chi connectivity index (χ0) is 11.3. The molecule has 0 amide bonds. The number of hydrogen-bond acceptors (Lipinski definition) is 4. The van der Waals surface area contributed by atoms with Gasteiger partial charge >= 0.3 is 0 Å². The summed E-state index contributed by atoms with van der Waals surface area (Å²) in [7, 11) is 1.86. The van der Waals surface area contributed by atoms with Crippen LogP contribution in [0.25, 0.3) is 0 Å². The fourth-order valence-corrected chi connectivity index (χ4v) is 1.33. The largest absolute Gasteiger partial charge is 0.383 e. The number of nitro benzene ring substituents is 1. The SMILES string of the molecule is CNCCNc1cccc([N+](=O)[O-])c1C. The third-order valence-electron chi connectivity index (χ3n) is 2.19. The summed E-state index contributed by atoms with van der Waals surface area (Å²) in [5, 5.41) is 16.8. The lowest BCUT2D eigenvalue weighted by atomic mass is 10.1. The van der Waals surface area contributed by atoms with Crippen molar-refractivity contribution in [2.24, 2.45) is 0 Å². The molecule has 0 saturated carbocycles. The first kappa shape index (κ1) is 11.5. The molecule has 0 radical (unpaired) electrons. The molecule has 0 aliphatic heterocycles. The molecule has 5 nitrogen and oxygen atoms in total. The molecule has 0 spiro atoms. The molecule has 0 saturated heterocycles. The van der Waals surface area contributed by atoms with Crippen LogP contribution in [0, 0.1) is 17.0 Å². The summed E-state index contributed by atoms with van der Waals surface area (Å²) >= 11 is 0. The summed E-state index contributed by atoms with van der Waals surface area (Å²) in [6, 6.07) is 5.05. The van der Waals surface area contributed by atoms with Gasteiger partial charge < -0.3 is 10.6 Å². The first-order valence-electron chi connectivity index (χ1n) is 4.79. The Morgan fingerprint density at radius 2 is 2.13 bits per heavy atom. The molecule has 1 aromatic rings. The second kappa shape index (κ2) is 5.31. The highest BCUT2D eigenvalue weighted by Crippen LogP contribution is 2.24. The van der Waals surface area contributed by atoms with E-state index < -0.39 is 0 Å². The fraction of sp³-hybridized carbons (Fsp3) is 0.400. The van der Waals surface area contributed by atoms with Gasteiger partial charge in [-0.1, -0.05) is 6.07 Å². The molecule has 0 bridgehead atoms. The van der Waals surface area contributed by atoms with Crippen molar-refractivity contribution in [1.82, 2.24) is 5.32 Å². The number of nitro groups is 1. The van der Waals surface area contributed by atoms with Crippen LogP contribution in [0.5, 0.6) is 0 Å². The van der Waals surface area contributed by atoms with E-state index in [9.17, 15) is 10.1 Å². The highest BCUT2D eigenvalue weighted by atomic mass is 16.6. The van der Waals surface area contributed by atoms with Crippen LogP contribution < -0.4 is 10.6 Å². The summed E-state index contributed by atoms with van der Waals surface area (Å²) in [5.41, 5.74) is 1.66. The predicted octanol–water partition coefficient (Wildman–Crippen LogP) is 1.53. The fourth-order valence-electron chi connectivity index (χ4n) is 1.33. The summed E-state index contributed by atoms with van der Waals surface area (Å²) in [4.78, 5) is 10.3. The van der Waals surface area contributed by atoms with E-state index in [1.807, 2.05) is 13.1 Å². The number of hydrogen-bond donors (Lipinski definition) is 2. The lowest BCUT2D eigenvalue weighted by Gasteiger charge is -2.08. The molecule has 0 fully saturated rings. The Hall–Kier alpha value is -1.62. The van der Waals surface area contributed by atoms with E-state index in [0.717, 1.165) is 18.8 Å². The van der Waals surface area contributed by atoms with Gasteiger partial charge in [-0.05, 0) is 20.0 Å². The number of rotatable bonds is 5. The Balaban J connectivity index is 2.80. The Kier molecular flexibility index (Phi) is 4.05. The number of nitrogens with zero attached hydrogens (tertiary/aromatic N) is 1. The average molecular weight is 209 g/mol. The highest BCUT2D eigenvalue weighted by molar-refractivity contribution is 5.59. The molecule has 15 heavy (non-hydrogen) atoms. The smallest absolute Gasteiger partial charge is 0.274 e. The Morgan fingerprint density at radius 1 is 1.40 bits per heavy atom. The third-order valence-corrected chi connectivity index (χ3v) is 2.19. The van der Waals surface area contributed by atoms with Crippen LogP contribution in [0.1, 0.15) is 5.56 Å². The van der Waals surface area contributed by atoms with Crippen LogP contribution in [-0.2, 0) is 0 Å². The minimum atomic E-state index is -0.363. The van der Waals surface area contributed by atoms with Gasteiger partial charge in [0.1, 0.15) is 0 Å². The maximum absolute atomic E-state index is 10.7. The molecular formula is C10H15N3O2. The minimum Gasteiger partial charge on any atom is -0.383 e. The van der Waals surface area contributed by atoms with E-state index in [0.29, 0.717) is 5.56 Å². The van der Waals surface area contributed by atoms with Crippen LogP contribution in [0.2, 0.25) is 0 Å². The molecule has 0 aromatic heterocycles. The van der Waals surface area contributed by atoms with Crippen molar-refractivity contribution in [3.8, 4) is 0 Å². The van der Waals surface area contributed by atoms with Crippen LogP contribution in [0.15, 0.2) is 18.2 Å². The van der Waals surface area contributed by atoms with Gasteiger partial charge in [0, 0.05) is 30.4 Å². The molecule has 0 atom stereocenters. The first-order valence-corrected chi connectivity index (χ1v) is 4.79. The van der Waals surface area contributed by atoms with Crippen LogP contribution >= 0.6 is 0 Å². The lowest BCUT2D eigenvalue weighted by Crippen LogP contribution is -2.18. The van der Waals surface area contributed by atoms with Crippen LogP contribution in [-0.4, -0.2) is 25.1 Å².